The molecular weight excluding hydrogens is 434 g/mol. The lowest BCUT2D eigenvalue weighted by Gasteiger charge is -2.11. The summed E-state index contributed by atoms with van der Waals surface area (Å²) < 4.78 is 12.7. The molecule has 0 bridgehead atoms. The van der Waals surface area contributed by atoms with E-state index < -0.39 is 0 Å². The molecule has 0 spiro atoms. The molecule has 3 aromatic carbocycles. The van der Waals surface area contributed by atoms with Crippen LogP contribution in [-0.4, -0.2) is 21.9 Å². The number of hydrogen-bond donors (Lipinski definition) is 0. The molecule has 0 fully saturated rings. The fourth-order valence-corrected chi connectivity index (χ4v) is 4.64. The third-order valence-electron chi connectivity index (χ3n) is 5.34. The van der Waals surface area contributed by atoms with E-state index in [0.717, 1.165) is 44.5 Å². The molecule has 33 heavy (non-hydrogen) atoms. The number of rotatable bonds is 6. The molecule has 0 N–H and O–H groups in total. The van der Waals surface area contributed by atoms with Crippen LogP contribution in [0.1, 0.15) is 11.1 Å². The molecule has 6 nitrogen and oxygen atoms in total. The highest BCUT2D eigenvalue weighted by atomic mass is 32.2. The quantitative estimate of drug-likeness (QED) is 0.243. The van der Waals surface area contributed by atoms with Gasteiger partial charge in [0.2, 0.25) is 0 Å². The predicted molar refractivity (Wildman–Crippen MR) is 130 cm³/mol. The average Bonchev–Trinajstić information content (AvgIpc) is 3.26. The highest BCUT2D eigenvalue weighted by Crippen LogP contribution is 2.31. The van der Waals surface area contributed by atoms with Gasteiger partial charge in [-0.3, -0.25) is 4.57 Å². The lowest BCUT2D eigenvalue weighted by Crippen LogP contribution is -2.02. The molecule has 2 aromatic heterocycles. The van der Waals surface area contributed by atoms with Crippen molar-refractivity contribution in [1.82, 2.24) is 14.8 Å². The average molecular weight is 456 g/mol. The van der Waals surface area contributed by atoms with Crippen molar-refractivity contribution >= 4 is 22.7 Å². The Morgan fingerprint density at radius 2 is 1.76 bits per heavy atom. The first-order chi connectivity index (χ1) is 16.1. The number of hydrogen-bond acceptors (Lipinski definition) is 6. The van der Waals surface area contributed by atoms with Gasteiger partial charge in [0, 0.05) is 28.5 Å². The van der Waals surface area contributed by atoms with Crippen molar-refractivity contribution < 1.29 is 9.15 Å². The lowest BCUT2D eigenvalue weighted by atomic mass is 10.1. The van der Waals surface area contributed by atoms with E-state index in [9.17, 15) is 4.79 Å². The van der Waals surface area contributed by atoms with Crippen LogP contribution in [0.15, 0.2) is 93.2 Å². The summed E-state index contributed by atoms with van der Waals surface area (Å²) in [5.74, 6) is 2.07. The van der Waals surface area contributed by atoms with Gasteiger partial charge < -0.3 is 9.15 Å². The highest BCUT2D eigenvalue weighted by molar-refractivity contribution is 7.98. The normalized spacial score (nSPS) is 11.1. The number of aromatic nitrogens is 3. The Morgan fingerprint density at radius 3 is 2.52 bits per heavy atom. The van der Waals surface area contributed by atoms with E-state index in [2.05, 4.69) is 10.2 Å². The van der Waals surface area contributed by atoms with Crippen molar-refractivity contribution in [2.45, 2.75) is 17.8 Å². The van der Waals surface area contributed by atoms with Crippen LogP contribution in [0.5, 0.6) is 5.75 Å². The number of nitrogens with zero attached hydrogens (tertiary/aromatic N) is 3. The van der Waals surface area contributed by atoms with E-state index in [1.165, 1.54) is 11.8 Å². The fourth-order valence-electron chi connectivity index (χ4n) is 3.70. The second-order valence-corrected chi connectivity index (χ2v) is 8.53. The van der Waals surface area contributed by atoms with Gasteiger partial charge in [0.25, 0.3) is 0 Å². The number of thioether (sulfide) groups is 1. The Labute approximate surface area is 194 Å². The summed E-state index contributed by atoms with van der Waals surface area (Å²) in [6, 6.07) is 25.2. The predicted octanol–water partition coefficient (Wildman–Crippen LogP) is 5.65. The van der Waals surface area contributed by atoms with E-state index >= 15 is 0 Å². The van der Waals surface area contributed by atoms with Gasteiger partial charge >= 0.3 is 5.63 Å². The number of benzene rings is 3. The second kappa shape index (κ2) is 8.96. The minimum atomic E-state index is -0.356. The van der Waals surface area contributed by atoms with Gasteiger partial charge in [-0.25, -0.2) is 4.79 Å². The van der Waals surface area contributed by atoms with Crippen LogP contribution >= 0.6 is 11.8 Å². The van der Waals surface area contributed by atoms with E-state index in [4.69, 9.17) is 9.15 Å². The zero-order chi connectivity index (χ0) is 22.8. The summed E-state index contributed by atoms with van der Waals surface area (Å²) in [4.78, 5) is 12.1. The topological polar surface area (TPSA) is 70.2 Å². The minimum Gasteiger partial charge on any atom is -0.497 e. The van der Waals surface area contributed by atoms with E-state index in [-0.39, 0.29) is 5.63 Å². The van der Waals surface area contributed by atoms with Crippen LogP contribution in [0.2, 0.25) is 0 Å². The van der Waals surface area contributed by atoms with Crippen molar-refractivity contribution in [2.75, 3.05) is 7.11 Å². The first kappa shape index (κ1) is 21.0. The monoisotopic (exact) mass is 455 g/mol. The van der Waals surface area contributed by atoms with E-state index in [1.807, 2.05) is 84.3 Å². The van der Waals surface area contributed by atoms with Crippen molar-refractivity contribution in [3.8, 4) is 22.8 Å². The molecule has 164 valence electrons. The van der Waals surface area contributed by atoms with E-state index in [1.54, 1.807) is 13.2 Å². The number of methoxy groups -OCH3 is 1. The number of ether oxygens (including phenoxy) is 1. The van der Waals surface area contributed by atoms with Gasteiger partial charge in [0.1, 0.15) is 11.3 Å². The van der Waals surface area contributed by atoms with Crippen molar-refractivity contribution in [3.63, 3.8) is 0 Å². The molecule has 5 aromatic rings. The lowest BCUT2D eigenvalue weighted by molar-refractivity contribution is 0.414. The third kappa shape index (κ3) is 4.27. The summed E-state index contributed by atoms with van der Waals surface area (Å²) in [6.07, 6.45) is 0. The van der Waals surface area contributed by atoms with Gasteiger partial charge in [-0.2, -0.15) is 0 Å². The first-order valence-electron chi connectivity index (χ1n) is 10.4. The Kier molecular flexibility index (Phi) is 5.71. The molecule has 5 rings (SSSR count). The summed E-state index contributed by atoms with van der Waals surface area (Å²) in [7, 11) is 1.65. The maximum atomic E-state index is 12.1. The van der Waals surface area contributed by atoms with Crippen LogP contribution < -0.4 is 10.4 Å². The summed E-state index contributed by atoms with van der Waals surface area (Å²) in [6.45, 7) is 1.98. The second-order valence-electron chi connectivity index (χ2n) is 7.58. The molecule has 0 unspecified atom stereocenters. The van der Waals surface area contributed by atoms with Gasteiger partial charge in [-0.05, 0) is 48.4 Å². The summed E-state index contributed by atoms with van der Waals surface area (Å²) >= 11 is 1.53. The molecule has 0 amide bonds. The first-order valence-corrected chi connectivity index (χ1v) is 11.4. The van der Waals surface area contributed by atoms with Crippen LogP contribution in [0.25, 0.3) is 28.0 Å². The molecular formula is C26H21N3O3S. The van der Waals surface area contributed by atoms with Crippen LogP contribution in [0, 0.1) is 6.92 Å². The summed E-state index contributed by atoms with van der Waals surface area (Å²) in [5.41, 5.74) is 4.08. The minimum absolute atomic E-state index is 0.356. The maximum absolute atomic E-state index is 12.1. The van der Waals surface area contributed by atoms with Crippen molar-refractivity contribution in [3.05, 3.63) is 100 Å². The Bertz CT molecular complexity index is 1470. The largest absolute Gasteiger partial charge is 0.497 e. The Hall–Kier alpha value is -3.84. The van der Waals surface area contributed by atoms with Gasteiger partial charge in [0.05, 0.1) is 7.11 Å². The standard InChI is InChI=1S/C26H21N3O3S/c1-17-8-13-22-19(15-24(30)32-23(22)14-17)16-33-26-28-27-25(18-6-4-3-5-7-18)29(26)20-9-11-21(31-2)12-10-20/h3-15H,16H2,1-2H3. The summed E-state index contributed by atoms with van der Waals surface area (Å²) in [5, 5.41) is 10.6. The van der Waals surface area contributed by atoms with Crippen LogP contribution in [-0.2, 0) is 5.75 Å². The van der Waals surface area contributed by atoms with Crippen molar-refractivity contribution in [2.24, 2.45) is 0 Å². The number of fused-ring (bicyclic) bond motifs is 1. The molecule has 0 atom stereocenters. The molecule has 0 aliphatic carbocycles. The molecule has 7 heteroatoms. The number of aryl methyl sites for hydroxylation is 1. The van der Waals surface area contributed by atoms with Crippen LogP contribution in [0.3, 0.4) is 0 Å². The van der Waals surface area contributed by atoms with Gasteiger partial charge in [-0.1, -0.05) is 54.2 Å². The molecule has 0 radical (unpaired) electrons. The maximum Gasteiger partial charge on any atom is 0.336 e. The SMILES string of the molecule is COc1ccc(-n2c(SCc3cc(=O)oc4cc(C)ccc34)nnc2-c2ccccc2)cc1. The van der Waals surface area contributed by atoms with Gasteiger partial charge in [0.15, 0.2) is 11.0 Å². The zero-order valence-corrected chi connectivity index (χ0v) is 19.0. The van der Waals surface area contributed by atoms with Gasteiger partial charge in [-0.15, -0.1) is 10.2 Å². The van der Waals surface area contributed by atoms with Crippen LogP contribution in [0.4, 0.5) is 0 Å². The Balaban J connectivity index is 1.56. The van der Waals surface area contributed by atoms with E-state index in [0.29, 0.717) is 11.3 Å². The zero-order valence-electron chi connectivity index (χ0n) is 18.2. The molecule has 0 saturated carbocycles. The molecule has 0 aliphatic rings. The molecule has 2 heterocycles. The molecule has 0 aliphatic heterocycles. The fraction of sp³-hybridized carbons (Fsp3) is 0.115. The highest BCUT2D eigenvalue weighted by Gasteiger charge is 2.17. The van der Waals surface area contributed by atoms with Crippen molar-refractivity contribution in [1.29, 1.82) is 0 Å². The Morgan fingerprint density at radius 1 is 0.970 bits per heavy atom. The smallest absolute Gasteiger partial charge is 0.336 e. The third-order valence-corrected chi connectivity index (χ3v) is 6.32. The molecule has 0 saturated heterocycles.